The Balaban J connectivity index is 2.16. The van der Waals surface area contributed by atoms with Crippen molar-refractivity contribution in [1.82, 2.24) is 10.2 Å². The van der Waals surface area contributed by atoms with Gasteiger partial charge in [0.1, 0.15) is 0 Å². The maximum atomic E-state index is 9.76. The summed E-state index contributed by atoms with van der Waals surface area (Å²) in [5.41, 5.74) is 0. The van der Waals surface area contributed by atoms with Crippen LogP contribution in [0.5, 0.6) is 0 Å². The number of thioether (sulfide) groups is 1. The van der Waals surface area contributed by atoms with Crippen molar-refractivity contribution in [2.24, 2.45) is 0 Å². The summed E-state index contributed by atoms with van der Waals surface area (Å²) in [7, 11) is 3.99. The molecule has 3 unspecified atom stereocenters. The predicted octanol–water partition coefficient (Wildman–Crippen LogP) is 1.17. The second-order valence-corrected chi connectivity index (χ2v) is 6.18. The van der Waals surface area contributed by atoms with Gasteiger partial charge in [-0.05, 0) is 39.6 Å². The molecule has 0 amide bonds. The van der Waals surface area contributed by atoms with E-state index in [4.69, 9.17) is 0 Å². The van der Waals surface area contributed by atoms with E-state index in [1.165, 1.54) is 25.7 Å². The minimum atomic E-state index is -0.246. The largest absolute Gasteiger partial charge is 0.390 e. The van der Waals surface area contributed by atoms with E-state index in [9.17, 15) is 5.11 Å². The van der Waals surface area contributed by atoms with Crippen LogP contribution >= 0.6 is 11.8 Å². The Bertz CT molecular complexity index is 190. The van der Waals surface area contributed by atoms with Crippen molar-refractivity contribution in [3.63, 3.8) is 0 Å². The first-order chi connectivity index (χ1) is 7.61. The Morgan fingerprint density at radius 1 is 1.44 bits per heavy atom. The molecule has 3 atom stereocenters. The molecule has 0 aromatic rings. The molecule has 4 heteroatoms. The topological polar surface area (TPSA) is 35.5 Å². The summed E-state index contributed by atoms with van der Waals surface area (Å²) in [6.07, 6.45) is 7.17. The first kappa shape index (κ1) is 14.3. The number of nitrogens with one attached hydrogen (secondary N) is 1. The number of aliphatic hydroxyl groups is 1. The molecule has 0 saturated heterocycles. The molecule has 3 nitrogen and oxygen atoms in total. The molecule has 1 fully saturated rings. The van der Waals surface area contributed by atoms with E-state index >= 15 is 0 Å². The van der Waals surface area contributed by atoms with Gasteiger partial charge in [0, 0.05) is 24.4 Å². The number of nitrogens with zero attached hydrogens (tertiary/aromatic N) is 1. The summed E-state index contributed by atoms with van der Waals surface area (Å²) < 4.78 is 0. The predicted molar refractivity (Wildman–Crippen MR) is 72.1 cm³/mol. The van der Waals surface area contributed by atoms with Crippen molar-refractivity contribution in [3.8, 4) is 0 Å². The Morgan fingerprint density at radius 3 is 2.81 bits per heavy atom. The highest BCUT2D eigenvalue weighted by Crippen LogP contribution is 2.26. The molecule has 0 heterocycles. The Morgan fingerprint density at radius 2 is 2.19 bits per heavy atom. The fraction of sp³-hybridized carbons (Fsp3) is 1.00. The van der Waals surface area contributed by atoms with Gasteiger partial charge in [-0.3, -0.25) is 0 Å². The monoisotopic (exact) mass is 246 g/mol. The van der Waals surface area contributed by atoms with Gasteiger partial charge in [0.05, 0.1) is 6.10 Å². The van der Waals surface area contributed by atoms with E-state index in [-0.39, 0.29) is 6.10 Å². The lowest BCUT2D eigenvalue weighted by molar-refractivity contribution is 0.129. The number of likely N-dealkylation sites (N-methyl/N-ethyl adjacent to an activating group) is 1. The molecule has 1 aliphatic carbocycles. The molecular formula is C12H26N2OS. The van der Waals surface area contributed by atoms with Crippen LogP contribution < -0.4 is 5.32 Å². The highest BCUT2D eigenvalue weighted by molar-refractivity contribution is 7.99. The van der Waals surface area contributed by atoms with Crippen molar-refractivity contribution in [1.29, 1.82) is 0 Å². The first-order valence-corrected chi connectivity index (χ1v) is 7.49. The molecule has 1 rings (SSSR count). The Kier molecular flexibility index (Phi) is 6.73. The Labute approximate surface area is 104 Å². The third-order valence-corrected chi connectivity index (χ3v) is 4.27. The van der Waals surface area contributed by atoms with Crippen LogP contribution in [0, 0.1) is 0 Å². The summed E-state index contributed by atoms with van der Waals surface area (Å²) in [5.74, 6) is 0. The molecule has 0 aliphatic heterocycles. The molecular weight excluding hydrogens is 220 g/mol. The van der Waals surface area contributed by atoms with E-state index in [1.54, 1.807) is 0 Å². The van der Waals surface area contributed by atoms with Gasteiger partial charge >= 0.3 is 0 Å². The quantitative estimate of drug-likeness (QED) is 0.737. The lowest BCUT2D eigenvalue weighted by atomic mass is 9.95. The first-order valence-electron chi connectivity index (χ1n) is 6.20. The van der Waals surface area contributed by atoms with Crippen LogP contribution in [0.3, 0.4) is 0 Å². The van der Waals surface area contributed by atoms with Crippen LogP contribution in [0.25, 0.3) is 0 Å². The zero-order valence-electron chi connectivity index (χ0n) is 10.8. The van der Waals surface area contributed by atoms with Gasteiger partial charge < -0.3 is 15.3 Å². The van der Waals surface area contributed by atoms with Gasteiger partial charge in [0.2, 0.25) is 0 Å². The highest BCUT2D eigenvalue weighted by Gasteiger charge is 2.21. The molecule has 1 saturated carbocycles. The summed E-state index contributed by atoms with van der Waals surface area (Å²) >= 11 is 1.98. The Hall–Kier alpha value is 0.230. The van der Waals surface area contributed by atoms with E-state index in [0.29, 0.717) is 6.04 Å². The fourth-order valence-electron chi connectivity index (χ4n) is 2.33. The van der Waals surface area contributed by atoms with Gasteiger partial charge in [0.25, 0.3) is 0 Å². The average Bonchev–Trinajstić information content (AvgIpc) is 2.26. The normalized spacial score (nSPS) is 28.3. The summed E-state index contributed by atoms with van der Waals surface area (Å²) in [5, 5.41) is 14.1. The van der Waals surface area contributed by atoms with Gasteiger partial charge in [-0.25, -0.2) is 0 Å². The number of hydrogen-bond donors (Lipinski definition) is 2. The van der Waals surface area contributed by atoms with Gasteiger partial charge in [-0.1, -0.05) is 6.42 Å². The van der Waals surface area contributed by atoms with Crippen LogP contribution in [0.15, 0.2) is 0 Å². The van der Waals surface area contributed by atoms with Crippen molar-refractivity contribution in [2.45, 2.75) is 43.1 Å². The summed E-state index contributed by atoms with van der Waals surface area (Å²) in [6, 6.07) is 0.614. The molecule has 16 heavy (non-hydrogen) atoms. The number of hydrogen-bond acceptors (Lipinski definition) is 4. The van der Waals surface area contributed by atoms with Gasteiger partial charge in [-0.2, -0.15) is 11.8 Å². The zero-order chi connectivity index (χ0) is 12.0. The lowest BCUT2D eigenvalue weighted by Gasteiger charge is -2.29. The van der Waals surface area contributed by atoms with Crippen molar-refractivity contribution >= 4 is 11.8 Å². The summed E-state index contributed by atoms with van der Waals surface area (Å²) in [6.45, 7) is 1.47. The maximum Gasteiger partial charge on any atom is 0.0791 e. The zero-order valence-corrected chi connectivity index (χ0v) is 11.6. The van der Waals surface area contributed by atoms with Crippen molar-refractivity contribution < 1.29 is 5.11 Å². The van der Waals surface area contributed by atoms with Gasteiger partial charge in [-0.15, -0.1) is 0 Å². The third-order valence-electron chi connectivity index (χ3n) is 3.18. The number of rotatable bonds is 6. The molecule has 0 radical (unpaired) electrons. The molecule has 1 aliphatic rings. The molecule has 2 N–H and O–H groups in total. The van der Waals surface area contributed by atoms with E-state index < -0.39 is 0 Å². The highest BCUT2D eigenvalue weighted by atomic mass is 32.2. The molecule has 0 spiro atoms. The smallest absolute Gasteiger partial charge is 0.0791 e. The summed E-state index contributed by atoms with van der Waals surface area (Å²) in [4.78, 5) is 2.03. The van der Waals surface area contributed by atoms with Crippen molar-refractivity contribution in [2.75, 3.05) is 33.4 Å². The molecule has 0 aromatic heterocycles. The second kappa shape index (κ2) is 7.54. The fourth-order valence-corrected chi connectivity index (χ4v) is 3.16. The van der Waals surface area contributed by atoms with E-state index in [2.05, 4.69) is 11.6 Å². The van der Waals surface area contributed by atoms with E-state index in [0.717, 1.165) is 18.3 Å². The average molecular weight is 246 g/mol. The standard InChI is InChI=1S/C12H26N2OS/c1-14(2)9-11(15)8-13-10-5-4-6-12(7-10)16-3/h10-13,15H,4-9H2,1-3H3. The maximum absolute atomic E-state index is 9.76. The second-order valence-electron chi connectivity index (χ2n) is 5.05. The van der Waals surface area contributed by atoms with Crippen LogP contribution in [-0.2, 0) is 0 Å². The molecule has 0 bridgehead atoms. The third kappa shape index (κ3) is 5.53. The van der Waals surface area contributed by atoms with E-state index in [1.807, 2.05) is 30.8 Å². The van der Waals surface area contributed by atoms with Crippen LogP contribution in [-0.4, -0.2) is 60.8 Å². The SMILES string of the molecule is CSC1CCCC(NCC(O)CN(C)C)C1. The minimum Gasteiger partial charge on any atom is -0.390 e. The van der Waals surface area contributed by atoms with Crippen molar-refractivity contribution in [3.05, 3.63) is 0 Å². The molecule has 0 aromatic carbocycles. The van der Waals surface area contributed by atoms with Crippen LogP contribution in [0.1, 0.15) is 25.7 Å². The van der Waals surface area contributed by atoms with Crippen LogP contribution in [0.4, 0.5) is 0 Å². The number of aliphatic hydroxyl groups excluding tert-OH is 1. The minimum absolute atomic E-state index is 0.246. The van der Waals surface area contributed by atoms with Crippen LogP contribution in [0.2, 0.25) is 0 Å². The lowest BCUT2D eigenvalue weighted by Crippen LogP contribution is -2.42. The molecule has 96 valence electrons. The van der Waals surface area contributed by atoms with Gasteiger partial charge in [0.15, 0.2) is 0 Å².